The van der Waals surface area contributed by atoms with Gasteiger partial charge in [-0.2, -0.15) is 0 Å². The summed E-state index contributed by atoms with van der Waals surface area (Å²) in [6, 6.07) is 8.35. The van der Waals surface area contributed by atoms with Crippen LogP contribution in [0.1, 0.15) is 51.9 Å². The molecule has 0 saturated carbocycles. The van der Waals surface area contributed by atoms with Gasteiger partial charge in [0, 0.05) is 17.9 Å². The van der Waals surface area contributed by atoms with Gasteiger partial charge < -0.3 is 14.2 Å². The lowest BCUT2D eigenvalue weighted by Gasteiger charge is -2.13. The first-order valence-electron chi connectivity index (χ1n) is 9.40. The summed E-state index contributed by atoms with van der Waals surface area (Å²) in [5, 5.41) is 0. The van der Waals surface area contributed by atoms with Crippen LogP contribution in [-0.4, -0.2) is 55.6 Å². The number of carbonyl (C=O) groups is 6. The van der Waals surface area contributed by atoms with Gasteiger partial charge in [0.05, 0.1) is 20.3 Å². The van der Waals surface area contributed by atoms with E-state index in [-0.39, 0.29) is 13.2 Å². The van der Waals surface area contributed by atoms with Crippen molar-refractivity contribution in [1.82, 2.24) is 0 Å². The van der Waals surface area contributed by atoms with E-state index < -0.39 is 40.7 Å². The van der Waals surface area contributed by atoms with Crippen molar-refractivity contribution in [1.29, 1.82) is 0 Å². The molecule has 0 radical (unpaired) electrons. The van der Waals surface area contributed by atoms with E-state index in [1.54, 1.807) is 65.0 Å². The number of ether oxygens (including phenoxy) is 3. The van der Waals surface area contributed by atoms with E-state index in [1.165, 1.54) is 14.0 Å². The fraction of sp³-hybridized carbons (Fsp3) is 0.455. The van der Waals surface area contributed by atoms with Gasteiger partial charge in [-0.05, 0) is 13.8 Å². The summed E-state index contributed by atoms with van der Waals surface area (Å²) in [7, 11) is 1.20. The summed E-state index contributed by atoms with van der Waals surface area (Å²) in [4.78, 5) is 64.0. The highest BCUT2D eigenvalue weighted by Gasteiger charge is 2.28. The highest BCUT2D eigenvalue weighted by molar-refractivity contribution is 6.40. The van der Waals surface area contributed by atoms with Crippen LogP contribution in [0.4, 0.5) is 0 Å². The van der Waals surface area contributed by atoms with E-state index in [1.807, 2.05) is 0 Å². The van der Waals surface area contributed by atoms with Crippen molar-refractivity contribution in [2.45, 2.75) is 41.5 Å². The van der Waals surface area contributed by atoms with Gasteiger partial charge in [0.1, 0.15) is 0 Å². The third-order valence-electron chi connectivity index (χ3n) is 3.11. The minimum absolute atomic E-state index is 0.220. The van der Waals surface area contributed by atoms with Crippen LogP contribution in [0.15, 0.2) is 30.3 Å². The van der Waals surface area contributed by atoms with Crippen molar-refractivity contribution in [2.24, 2.45) is 5.41 Å². The first-order valence-corrected chi connectivity index (χ1v) is 9.40. The summed E-state index contributed by atoms with van der Waals surface area (Å²) < 4.78 is 13.1. The van der Waals surface area contributed by atoms with E-state index in [0.29, 0.717) is 5.56 Å². The fourth-order valence-electron chi connectivity index (χ4n) is 1.54. The van der Waals surface area contributed by atoms with Gasteiger partial charge >= 0.3 is 17.9 Å². The topological polar surface area (TPSA) is 130 Å². The Morgan fingerprint density at radius 3 is 1.52 bits per heavy atom. The summed E-state index contributed by atoms with van der Waals surface area (Å²) in [6.07, 6.45) is 0. The Morgan fingerprint density at radius 1 is 0.774 bits per heavy atom. The second-order valence-electron chi connectivity index (χ2n) is 6.76. The first-order chi connectivity index (χ1) is 14.3. The predicted molar refractivity (Wildman–Crippen MR) is 111 cm³/mol. The zero-order valence-corrected chi connectivity index (χ0v) is 19.0. The maximum absolute atomic E-state index is 11.3. The number of esters is 3. The summed E-state index contributed by atoms with van der Waals surface area (Å²) >= 11 is 0. The average molecular weight is 438 g/mol. The second kappa shape index (κ2) is 15.5. The van der Waals surface area contributed by atoms with Gasteiger partial charge in [-0.1, -0.05) is 51.1 Å². The van der Waals surface area contributed by atoms with E-state index in [0.717, 1.165) is 0 Å². The Bertz CT molecular complexity index is 759. The molecule has 31 heavy (non-hydrogen) atoms. The van der Waals surface area contributed by atoms with Crippen molar-refractivity contribution < 1.29 is 43.0 Å². The molecule has 0 aliphatic heterocycles. The van der Waals surface area contributed by atoms with E-state index in [9.17, 15) is 28.8 Å². The van der Waals surface area contributed by atoms with Gasteiger partial charge in [-0.3, -0.25) is 14.4 Å². The van der Waals surface area contributed by atoms with Gasteiger partial charge in [-0.15, -0.1) is 0 Å². The lowest BCUT2D eigenvalue weighted by molar-refractivity contribution is -0.155. The van der Waals surface area contributed by atoms with Crippen molar-refractivity contribution in [3.05, 3.63) is 35.9 Å². The van der Waals surface area contributed by atoms with Crippen LogP contribution in [0, 0.1) is 5.41 Å². The Morgan fingerprint density at radius 2 is 1.23 bits per heavy atom. The average Bonchev–Trinajstić information content (AvgIpc) is 2.73. The lowest BCUT2D eigenvalue weighted by Crippen LogP contribution is -2.29. The maximum atomic E-state index is 11.3. The quantitative estimate of drug-likeness (QED) is 0.284. The van der Waals surface area contributed by atoms with Crippen LogP contribution in [-0.2, 0) is 38.2 Å². The summed E-state index contributed by atoms with van der Waals surface area (Å²) in [5.74, 6) is -3.96. The largest absolute Gasteiger partial charge is 0.463 e. The van der Waals surface area contributed by atoms with Crippen LogP contribution in [0.25, 0.3) is 0 Å². The Labute approximate surface area is 182 Å². The molecule has 0 N–H and O–H groups in total. The second-order valence-corrected chi connectivity index (χ2v) is 6.76. The molecule has 0 aliphatic carbocycles. The van der Waals surface area contributed by atoms with Crippen molar-refractivity contribution in [3.63, 3.8) is 0 Å². The Kier molecular flexibility index (Phi) is 14.9. The molecule has 1 rings (SSSR count). The van der Waals surface area contributed by atoms with Gasteiger partial charge in [0.25, 0.3) is 5.78 Å². The zero-order valence-electron chi connectivity index (χ0n) is 19.0. The molecule has 0 amide bonds. The molecule has 172 valence electrons. The lowest BCUT2D eigenvalue weighted by atomic mass is 9.91. The van der Waals surface area contributed by atoms with Crippen molar-refractivity contribution in [3.8, 4) is 0 Å². The molecule has 0 unspecified atom stereocenters. The zero-order chi connectivity index (χ0) is 24.6. The number of hydrogen-bond acceptors (Lipinski definition) is 9. The molecule has 9 nitrogen and oxygen atoms in total. The monoisotopic (exact) mass is 438 g/mol. The fourth-order valence-corrected chi connectivity index (χ4v) is 1.54. The van der Waals surface area contributed by atoms with Crippen LogP contribution in [0.2, 0.25) is 0 Å². The molecule has 0 saturated heterocycles. The molecule has 9 heteroatoms. The number of methoxy groups -OCH3 is 1. The minimum Gasteiger partial charge on any atom is -0.463 e. The van der Waals surface area contributed by atoms with Gasteiger partial charge in [0.15, 0.2) is 0 Å². The van der Waals surface area contributed by atoms with Crippen molar-refractivity contribution in [2.75, 3.05) is 20.3 Å². The maximum Gasteiger partial charge on any atom is 0.379 e. The third kappa shape index (κ3) is 13.5. The number of carbonyl (C=O) groups excluding carboxylic acids is 6. The summed E-state index contributed by atoms with van der Waals surface area (Å²) in [6.45, 7) is 10.00. The number of hydrogen-bond donors (Lipinski definition) is 0. The molecular weight excluding hydrogens is 408 g/mol. The highest BCUT2D eigenvalue weighted by Crippen LogP contribution is 2.14. The normalized spacial score (nSPS) is 9.52. The van der Waals surface area contributed by atoms with E-state index >= 15 is 0 Å². The Balaban J connectivity index is 0. The minimum atomic E-state index is -0.797. The number of rotatable bonds is 6. The smallest absolute Gasteiger partial charge is 0.379 e. The SMILES string of the molecule is CCOC(=O)C(=O)c1ccccc1.CCOC(=O)C(C)=O.COC(=O)C(=O)C(C)(C)C. The highest BCUT2D eigenvalue weighted by atomic mass is 16.5. The first kappa shape index (κ1) is 29.8. The molecule has 1 aromatic rings. The van der Waals surface area contributed by atoms with Gasteiger partial charge in [-0.25, -0.2) is 14.4 Å². The van der Waals surface area contributed by atoms with Gasteiger partial charge in [0.2, 0.25) is 11.6 Å². The Hall–Kier alpha value is -3.36. The molecule has 0 atom stereocenters. The molecule has 0 spiro atoms. The molecule has 0 heterocycles. The molecule has 0 bridgehead atoms. The predicted octanol–water partition coefficient (Wildman–Crippen LogP) is 2.35. The number of benzene rings is 1. The van der Waals surface area contributed by atoms with E-state index in [4.69, 9.17) is 0 Å². The van der Waals surface area contributed by atoms with Crippen LogP contribution < -0.4 is 0 Å². The summed E-state index contributed by atoms with van der Waals surface area (Å²) in [5.41, 5.74) is -0.270. The molecule has 0 fully saturated rings. The molecule has 1 aromatic carbocycles. The van der Waals surface area contributed by atoms with Crippen LogP contribution >= 0.6 is 0 Å². The van der Waals surface area contributed by atoms with Crippen molar-refractivity contribution >= 4 is 35.3 Å². The molecule has 0 aliphatic rings. The van der Waals surface area contributed by atoms with Crippen LogP contribution in [0.5, 0.6) is 0 Å². The number of ketones is 3. The number of Topliss-reactive ketones (excluding diaryl/α,β-unsaturated/α-hetero) is 3. The molecule has 0 aromatic heterocycles. The molecular formula is C22H30O9. The van der Waals surface area contributed by atoms with E-state index in [2.05, 4.69) is 14.2 Å². The standard InChI is InChI=1S/C10H10O3.C7H12O3.C5H8O3/c1-2-13-10(12)9(11)8-6-4-3-5-7-8;1-7(2,3)5(8)6(9)10-4;1-3-8-5(7)4(2)6/h3-7H,2H2,1H3;1-4H3;3H2,1-2H3. The van der Waals surface area contributed by atoms with Crippen LogP contribution in [0.3, 0.4) is 0 Å². The third-order valence-corrected chi connectivity index (χ3v) is 3.11.